The lowest BCUT2D eigenvalue weighted by molar-refractivity contribution is -0.122. The predicted molar refractivity (Wildman–Crippen MR) is 63.6 cm³/mol. The third-order valence-corrected chi connectivity index (χ3v) is 2.52. The van der Waals surface area contributed by atoms with Crippen LogP contribution >= 0.6 is 0 Å². The standard InChI is InChI=1S/C12H19N3O/c1-9(8-13)7-12(16)15-10(2)11-3-5-14-6-4-11/h3-6,9-10H,7-8,13H2,1-2H3,(H,15,16). The zero-order valence-corrected chi connectivity index (χ0v) is 9.81. The molecule has 88 valence electrons. The van der Waals surface area contributed by atoms with Crippen molar-refractivity contribution in [2.24, 2.45) is 11.7 Å². The number of amides is 1. The van der Waals surface area contributed by atoms with Crippen LogP contribution in [0, 0.1) is 5.92 Å². The second kappa shape index (κ2) is 6.23. The first-order valence-electron chi connectivity index (χ1n) is 5.52. The monoisotopic (exact) mass is 221 g/mol. The lowest BCUT2D eigenvalue weighted by Gasteiger charge is -2.15. The molecular weight excluding hydrogens is 202 g/mol. The third-order valence-electron chi connectivity index (χ3n) is 2.52. The van der Waals surface area contributed by atoms with Crippen molar-refractivity contribution in [3.63, 3.8) is 0 Å². The summed E-state index contributed by atoms with van der Waals surface area (Å²) < 4.78 is 0. The van der Waals surface area contributed by atoms with Gasteiger partial charge < -0.3 is 11.1 Å². The van der Waals surface area contributed by atoms with Gasteiger partial charge in [0.1, 0.15) is 0 Å². The zero-order valence-electron chi connectivity index (χ0n) is 9.81. The first kappa shape index (κ1) is 12.6. The summed E-state index contributed by atoms with van der Waals surface area (Å²) >= 11 is 0. The van der Waals surface area contributed by atoms with Crippen LogP contribution in [0.3, 0.4) is 0 Å². The number of hydrogen-bond donors (Lipinski definition) is 2. The van der Waals surface area contributed by atoms with Gasteiger partial charge in [-0.3, -0.25) is 9.78 Å². The maximum atomic E-state index is 11.6. The minimum absolute atomic E-state index is 0.0143. The lowest BCUT2D eigenvalue weighted by Crippen LogP contribution is -2.29. The Kier molecular flexibility index (Phi) is 4.92. The van der Waals surface area contributed by atoms with Crippen LogP contribution in [0.4, 0.5) is 0 Å². The average Bonchev–Trinajstić information content (AvgIpc) is 2.29. The minimum Gasteiger partial charge on any atom is -0.350 e. The van der Waals surface area contributed by atoms with Gasteiger partial charge in [-0.15, -0.1) is 0 Å². The molecular formula is C12H19N3O. The van der Waals surface area contributed by atoms with Crippen molar-refractivity contribution in [1.29, 1.82) is 0 Å². The van der Waals surface area contributed by atoms with Gasteiger partial charge in [-0.2, -0.15) is 0 Å². The van der Waals surface area contributed by atoms with E-state index in [9.17, 15) is 4.79 Å². The second-order valence-corrected chi connectivity index (χ2v) is 4.11. The van der Waals surface area contributed by atoms with Crippen molar-refractivity contribution in [2.75, 3.05) is 6.54 Å². The molecule has 4 heteroatoms. The number of aromatic nitrogens is 1. The molecule has 0 spiro atoms. The van der Waals surface area contributed by atoms with E-state index in [1.165, 1.54) is 0 Å². The van der Waals surface area contributed by atoms with Crippen molar-refractivity contribution in [2.45, 2.75) is 26.3 Å². The summed E-state index contributed by atoms with van der Waals surface area (Å²) in [7, 11) is 0. The minimum atomic E-state index is 0.0143. The molecule has 0 saturated heterocycles. The maximum absolute atomic E-state index is 11.6. The predicted octanol–water partition coefficient (Wildman–Crippen LogP) is 1.24. The third kappa shape index (κ3) is 3.98. The van der Waals surface area contributed by atoms with Gasteiger partial charge in [0.2, 0.25) is 5.91 Å². The zero-order chi connectivity index (χ0) is 12.0. The average molecular weight is 221 g/mol. The first-order chi connectivity index (χ1) is 7.63. The first-order valence-corrected chi connectivity index (χ1v) is 5.52. The normalized spacial score (nSPS) is 14.2. The summed E-state index contributed by atoms with van der Waals surface area (Å²) in [6.07, 6.45) is 3.92. The van der Waals surface area contributed by atoms with E-state index in [0.717, 1.165) is 5.56 Å². The van der Waals surface area contributed by atoms with Gasteiger partial charge in [0.25, 0.3) is 0 Å². The topological polar surface area (TPSA) is 68.0 Å². The van der Waals surface area contributed by atoms with Gasteiger partial charge in [0, 0.05) is 18.8 Å². The molecule has 16 heavy (non-hydrogen) atoms. The molecule has 2 atom stereocenters. The van der Waals surface area contributed by atoms with Crippen LogP contribution in [0.5, 0.6) is 0 Å². The summed E-state index contributed by atoms with van der Waals surface area (Å²) in [5, 5.41) is 2.94. The molecule has 0 fully saturated rings. The maximum Gasteiger partial charge on any atom is 0.220 e. The second-order valence-electron chi connectivity index (χ2n) is 4.11. The molecule has 0 saturated carbocycles. The Morgan fingerprint density at radius 3 is 2.62 bits per heavy atom. The van der Waals surface area contributed by atoms with E-state index in [4.69, 9.17) is 5.73 Å². The van der Waals surface area contributed by atoms with E-state index in [1.54, 1.807) is 12.4 Å². The number of nitrogens with one attached hydrogen (secondary N) is 1. The molecule has 4 nitrogen and oxygen atoms in total. The number of pyridine rings is 1. The van der Waals surface area contributed by atoms with E-state index in [0.29, 0.717) is 13.0 Å². The fourth-order valence-electron chi connectivity index (χ4n) is 1.44. The van der Waals surface area contributed by atoms with Crippen LogP contribution in [0.1, 0.15) is 31.9 Å². The molecule has 1 aromatic heterocycles. The molecule has 1 amide bonds. The van der Waals surface area contributed by atoms with E-state index in [1.807, 2.05) is 26.0 Å². The van der Waals surface area contributed by atoms with Gasteiger partial charge >= 0.3 is 0 Å². The summed E-state index contributed by atoms with van der Waals surface area (Å²) in [5.74, 6) is 0.270. The van der Waals surface area contributed by atoms with Crippen molar-refractivity contribution < 1.29 is 4.79 Å². The molecule has 2 unspecified atom stereocenters. The highest BCUT2D eigenvalue weighted by Crippen LogP contribution is 2.11. The number of rotatable bonds is 5. The quantitative estimate of drug-likeness (QED) is 0.786. The molecule has 0 radical (unpaired) electrons. The fraction of sp³-hybridized carbons (Fsp3) is 0.500. The summed E-state index contributed by atoms with van der Waals surface area (Å²) in [6.45, 7) is 4.47. The van der Waals surface area contributed by atoms with E-state index in [-0.39, 0.29) is 17.9 Å². The molecule has 3 N–H and O–H groups in total. The van der Waals surface area contributed by atoms with Crippen molar-refractivity contribution in [3.8, 4) is 0 Å². The molecule has 0 bridgehead atoms. The van der Waals surface area contributed by atoms with Crippen molar-refractivity contribution >= 4 is 5.91 Å². The Bertz CT molecular complexity index is 326. The van der Waals surface area contributed by atoms with Crippen molar-refractivity contribution in [3.05, 3.63) is 30.1 Å². The van der Waals surface area contributed by atoms with Gasteiger partial charge in [-0.25, -0.2) is 0 Å². The van der Waals surface area contributed by atoms with Crippen LogP contribution in [-0.4, -0.2) is 17.4 Å². The van der Waals surface area contributed by atoms with Crippen molar-refractivity contribution in [1.82, 2.24) is 10.3 Å². The Labute approximate surface area is 96.3 Å². The van der Waals surface area contributed by atoms with Gasteiger partial charge in [-0.1, -0.05) is 6.92 Å². The molecule has 0 aliphatic heterocycles. The molecule has 0 aliphatic carbocycles. The number of nitrogens with two attached hydrogens (primary N) is 1. The number of carbonyl (C=O) groups is 1. The highest BCUT2D eigenvalue weighted by molar-refractivity contribution is 5.76. The Hall–Kier alpha value is -1.42. The highest BCUT2D eigenvalue weighted by Gasteiger charge is 2.11. The van der Waals surface area contributed by atoms with Gasteiger partial charge in [0.15, 0.2) is 0 Å². The smallest absolute Gasteiger partial charge is 0.220 e. The SMILES string of the molecule is CC(CN)CC(=O)NC(C)c1ccncc1. The largest absolute Gasteiger partial charge is 0.350 e. The Morgan fingerprint density at radius 2 is 2.06 bits per heavy atom. The summed E-state index contributed by atoms with van der Waals surface area (Å²) in [6, 6.07) is 3.81. The molecule has 1 aromatic rings. The summed E-state index contributed by atoms with van der Waals surface area (Å²) in [5.41, 5.74) is 6.53. The van der Waals surface area contributed by atoms with E-state index < -0.39 is 0 Å². The number of hydrogen-bond acceptors (Lipinski definition) is 3. The Balaban J connectivity index is 2.46. The van der Waals surface area contributed by atoms with E-state index >= 15 is 0 Å². The van der Waals surface area contributed by atoms with E-state index in [2.05, 4.69) is 10.3 Å². The number of nitrogens with zero attached hydrogens (tertiary/aromatic N) is 1. The molecule has 0 aromatic carbocycles. The molecule has 0 aliphatic rings. The highest BCUT2D eigenvalue weighted by atomic mass is 16.1. The number of carbonyl (C=O) groups excluding carboxylic acids is 1. The van der Waals surface area contributed by atoms with Crippen LogP contribution < -0.4 is 11.1 Å². The molecule has 1 rings (SSSR count). The summed E-state index contributed by atoms with van der Waals surface area (Å²) in [4.78, 5) is 15.6. The van der Waals surface area contributed by atoms with Crippen LogP contribution in [0.25, 0.3) is 0 Å². The van der Waals surface area contributed by atoms with Gasteiger partial charge in [-0.05, 0) is 37.1 Å². The van der Waals surface area contributed by atoms with Crippen LogP contribution in [-0.2, 0) is 4.79 Å². The van der Waals surface area contributed by atoms with Gasteiger partial charge in [0.05, 0.1) is 6.04 Å². The Morgan fingerprint density at radius 1 is 1.44 bits per heavy atom. The lowest BCUT2D eigenvalue weighted by atomic mass is 10.1. The van der Waals surface area contributed by atoms with Crippen LogP contribution in [0.2, 0.25) is 0 Å². The van der Waals surface area contributed by atoms with Crippen LogP contribution in [0.15, 0.2) is 24.5 Å². The fourth-order valence-corrected chi connectivity index (χ4v) is 1.44. The molecule has 1 heterocycles.